The van der Waals surface area contributed by atoms with Crippen LogP contribution >= 0.6 is 11.3 Å². The first-order valence-electron chi connectivity index (χ1n) is 12.3. The molecule has 3 aliphatic carbocycles. The minimum atomic E-state index is -4.24. The van der Waals surface area contributed by atoms with Gasteiger partial charge in [0.05, 0.1) is 11.8 Å². The van der Waals surface area contributed by atoms with Crippen molar-refractivity contribution < 1.29 is 26.7 Å². The molecule has 3 saturated carbocycles. The second-order valence-electron chi connectivity index (χ2n) is 11.0. The zero-order valence-electron chi connectivity index (χ0n) is 20.2. The Labute approximate surface area is 215 Å². The third-order valence-corrected chi connectivity index (χ3v) is 11.9. The molecule has 0 radical (unpaired) electrons. The van der Waals surface area contributed by atoms with Crippen molar-refractivity contribution in [2.45, 2.75) is 62.4 Å². The molecule has 1 aromatic heterocycles. The Balaban J connectivity index is 1.39. The first kappa shape index (κ1) is 24.4. The summed E-state index contributed by atoms with van der Waals surface area (Å²) in [7, 11) is -7.76. The quantitative estimate of drug-likeness (QED) is 0.470. The molecule has 3 heterocycles. The summed E-state index contributed by atoms with van der Waals surface area (Å²) in [6.07, 6.45) is 7.22. The van der Waals surface area contributed by atoms with Gasteiger partial charge in [-0.25, -0.2) is 13.1 Å². The van der Waals surface area contributed by atoms with Crippen LogP contribution in [0.25, 0.3) is 0 Å². The summed E-state index contributed by atoms with van der Waals surface area (Å²) in [5.41, 5.74) is -0.260. The predicted molar refractivity (Wildman–Crippen MR) is 136 cm³/mol. The second kappa shape index (κ2) is 8.02. The number of hydrogen-bond donors (Lipinski definition) is 3. The van der Waals surface area contributed by atoms with Crippen molar-refractivity contribution in [3.8, 4) is 0 Å². The predicted octanol–water partition coefficient (Wildman–Crippen LogP) is 2.57. The maximum Gasteiger partial charge on any atom is 0.287 e. The van der Waals surface area contributed by atoms with Crippen LogP contribution in [0.15, 0.2) is 26.0 Å². The lowest BCUT2D eigenvalue weighted by Gasteiger charge is -2.52. The fourth-order valence-electron chi connectivity index (χ4n) is 6.86. The normalized spacial score (nSPS) is 32.8. The monoisotopic (exact) mass is 554 g/mol. The summed E-state index contributed by atoms with van der Waals surface area (Å²) < 4.78 is 55.8. The van der Waals surface area contributed by atoms with E-state index in [1.54, 1.807) is 5.38 Å². The molecule has 2 bridgehead atoms. The first-order valence-corrected chi connectivity index (χ1v) is 16.5. The summed E-state index contributed by atoms with van der Waals surface area (Å²) in [5, 5.41) is 16.3. The Morgan fingerprint density at radius 2 is 2.06 bits per heavy atom. The molecule has 13 heteroatoms. The molecular formula is C23H30N4O6S3. The van der Waals surface area contributed by atoms with Gasteiger partial charge < -0.3 is 15.3 Å². The maximum absolute atomic E-state index is 14.0. The van der Waals surface area contributed by atoms with E-state index in [2.05, 4.69) is 21.4 Å². The molecule has 3 N–H and O–H groups in total. The van der Waals surface area contributed by atoms with Crippen LogP contribution in [0.3, 0.4) is 0 Å². The van der Waals surface area contributed by atoms with Crippen molar-refractivity contribution in [2.24, 2.45) is 28.1 Å². The van der Waals surface area contributed by atoms with E-state index in [0.717, 1.165) is 43.3 Å². The van der Waals surface area contributed by atoms with Crippen LogP contribution in [-0.2, 0) is 31.4 Å². The van der Waals surface area contributed by atoms with Crippen molar-refractivity contribution in [3.63, 3.8) is 0 Å². The number of carbonyl (C=O) groups is 1. The molecule has 10 nitrogen and oxygen atoms in total. The molecule has 1 amide bonds. The molecular weight excluding hydrogens is 524 g/mol. The molecule has 4 atom stereocenters. The molecule has 36 heavy (non-hydrogen) atoms. The van der Waals surface area contributed by atoms with Crippen LogP contribution in [-0.4, -0.2) is 56.9 Å². The van der Waals surface area contributed by atoms with Gasteiger partial charge >= 0.3 is 0 Å². The van der Waals surface area contributed by atoms with E-state index in [4.69, 9.17) is 0 Å². The molecule has 1 aromatic rings. The lowest BCUT2D eigenvalue weighted by Crippen LogP contribution is -2.62. The zero-order chi connectivity index (χ0) is 25.6. The Bertz CT molecular complexity index is 1430. The largest absolute Gasteiger partial charge is 0.511 e. The van der Waals surface area contributed by atoms with E-state index in [0.29, 0.717) is 18.4 Å². The van der Waals surface area contributed by atoms with E-state index in [9.17, 15) is 26.7 Å². The average molecular weight is 555 g/mol. The van der Waals surface area contributed by atoms with Gasteiger partial charge in [0.2, 0.25) is 10.0 Å². The number of nitrogens with zero attached hydrogens (tertiary/aromatic N) is 2. The highest BCUT2D eigenvalue weighted by molar-refractivity contribution is 7.91. The van der Waals surface area contributed by atoms with Gasteiger partial charge in [0.15, 0.2) is 5.84 Å². The van der Waals surface area contributed by atoms with Crippen molar-refractivity contribution in [2.75, 3.05) is 18.1 Å². The van der Waals surface area contributed by atoms with Gasteiger partial charge in [0, 0.05) is 24.6 Å². The third-order valence-electron chi connectivity index (χ3n) is 8.73. The minimum absolute atomic E-state index is 0.0562. The summed E-state index contributed by atoms with van der Waals surface area (Å²) in [6, 6.07) is 0. The second-order valence-corrected chi connectivity index (χ2v) is 15.2. The van der Waals surface area contributed by atoms with Gasteiger partial charge in [-0.2, -0.15) is 8.42 Å². The molecule has 2 aliphatic heterocycles. The zero-order valence-corrected chi connectivity index (χ0v) is 22.6. The Hall–Kier alpha value is -1.96. The Morgan fingerprint density at radius 1 is 1.31 bits per heavy atom. The summed E-state index contributed by atoms with van der Waals surface area (Å²) in [5.74, 6) is 0.360. The van der Waals surface area contributed by atoms with E-state index >= 15 is 0 Å². The van der Waals surface area contributed by atoms with E-state index < -0.39 is 25.6 Å². The average Bonchev–Trinajstić information content (AvgIpc) is 3.19. The Morgan fingerprint density at radius 3 is 2.75 bits per heavy atom. The fourth-order valence-corrected chi connectivity index (χ4v) is 9.88. The summed E-state index contributed by atoms with van der Waals surface area (Å²) in [6.45, 7) is 2.48. The van der Waals surface area contributed by atoms with Gasteiger partial charge in [-0.1, -0.05) is 12.8 Å². The molecule has 0 aromatic carbocycles. The van der Waals surface area contributed by atoms with Crippen LogP contribution in [0.5, 0.6) is 0 Å². The molecule has 5 aliphatic rings. The molecule has 3 fully saturated rings. The SMILES string of the molecule is C[C@]12[C@@H]3CC[C@@H](C3)[C@H]1C(O)=C(C1=NS(=O)(=O)c3c(CNS(C)(=O)=O)csc3N1)C(=O)N2CCC1CC1. The maximum atomic E-state index is 14.0. The number of anilines is 1. The number of sulfonamides is 2. The number of hydrogen-bond acceptors (Lipinski definition) is 8. The van der Waals surface area contributed by atoms with Crippen molar-refractivity contribution in [1.29, 1.82) is 0 Å². The topological polar surface area (TPSA) is 145 Å². The standard InChI is InChI=1S/C23H30N4O6S3/c1-23-15-6-5-13(9-15)17(23)18(28)16(22(29)27(23)8-7-12-3-4-12)20-25-21-19(36(32,33)26-20)14(11-34-21)10-24-35(2,30)31/h11-13,15,17,24,28H,3-10H2,1-2H3,(H,25,26)/t13-,15+,17-,23-/m0/s1. The van der Waals surface area contributed by atoms with Gasteiger partial charge in [-0.05, 0) is 55.7 Å². The molecule has 6 rings (SSSR count). The molecule has 0 saturated heterocycles. The fraction of sp³-hybridized carbons (Fsp3) is 0.652. The van der Waals surface area contributed by atoms with Crippen LogP contribution in [0.1, 0.15) is 51.0 Å². The molecule has 196 valence electrons. The smallest absolute Gasteiger partial charge is 0.287 e. The molecule has 0 unspecified atom stereocenters. The van der Waals surface area contributed by atoms with E-state index in [1.807, 2.05) is 4.90 Å². The number of amides is 1. The van der Waals surface area contributed by atoms with Gasteiger partial charge in [0.1, 0.15) is 21.2 Å². The van der Waals surface area contributed by atoms with Crippen LogP contribution in [0, 0.1) is 23.7 Å². The molecule has 0 spiro atoms. The van der Waals surface area contributed by atoms with E-state index in [-0.39, 0.29) is 56.9 Å². The van der Waals surface area contributed by atoms with Crippen molar-refractivity contribution in [3.05, 3.63) is 22.3 Å². The number of aliphatic hydroxyl groups is 1. The lowest BCUT2D eigenvalue weighted by atomic mass is 9.68. The number of amidine groups is 1. The summed E-state index contributed by atoms with van der Waals surface area (Å²) in [4.78, 5) is 15.7. The van der Waals surface area contributed by atoms with Crippen molar-refractivity contribution in [1.82, 2.24) is 9.62 Å². The van der Waals surface area contributed by atoms with Gasteiger partial charge in [0.25, 0.3) is 15.9 Å². The number of thiophene rings is 1. The lowest BCUT2D eigenvalue weighted by molar-refractivity contribution is -0.140. The third kappa shape index (κ3) is 3.72. The number of rotatable bonds is 7. The first-order chi connectivity index (χ1) is 16.9. The highest BCUT2D eigenvalue weighted by Gasteiger charge is 2.64. The number of carbonyl (C=O) groups excluding carboxylic acids is 1. The highest BCUT2D eigenvalue weighted by atomic mass is 32.2. The van der Waals surface area contributed by atoms with Crippen LogP contribution in [0.4, 0.5) is 5.00 Å². The number of aliphatic hydroxyl groups excluding tert-OH is 1. The summed E-state index contributed by atoms with van der Waals surface area (Å²) >= 11 is 1.09. The van der Waals surface area contributed by atoms with Crippen LogP contribution in [0.2, 0.25) is 0 Å². The minimum Gasteiger partial charge on any atom is -0.511 e. The number of fused-ring (bicyclic) bond motifs is 6. The highest BCUT2D eigenvalue weighted by Crippen LogP contribution is 2.61. The van der Waals surface area contributed by atoms with E-state index in [1.165, 1.54) is 12.8 Å². The van der Waals surface area contributed by atoms with Crippen molar-refractivity contribution >= 4 is 48.1 Å². The Kier molecular flexibility index (Phi) is 5.43. The van der Waals surface area contributed by atoms with Gasteiger partial charge in [-0.15, -0.1) is 15.7 Å². The van der Waals surface area contributed by atoms with Gasteiger partial charge in [-0.3, -0.25) is 4.79 Å². The van der Waals surface area contributed by atoms with Crippen LogP contribution < -0.4 is 10.0 Å². The number of nitrogens with one attached hydrogen (secondary N) is 2.